The van der Waals surface area contributed by atoms with Crippen molar-refractivity contribution in [3.8, 4) is 6.07 Å². The van der Waals surface area contributed by atoms with Crippen LogP contribution in [-0.2, 0) is 11.3 Å². The molecule has 1 heterocycles. The van der Waals surface area contributed by atoms with Gasteiger partial charge in [-0.15, -0.1) is 0 Å². The number of ether oxygens (including phenoxy) is 1. The first-order valence-electron chi connectivity index (χ1n) is 5.75. The van der Waals surface area contributed by atoms with Gasteiger partial charge in [0.25, 0.3) is 0 Å². The Labute approximate surface area is 103 Å². The quantitative estimate of drug-likeness (QED) is 0.720. The van der Waals surface area contributed by atoms with Gasteiger partial charge in [0.15, 0.2) is 0 Å². The Morgan fingerprint density at radius 2 is 2.24 bits per heavy atom. The molecule has 0 aliphatic carbocycles. The van der Waals surface area contributed by atoms with Gasteiger partial charge in [-0.05, 0) is 18.1 Å². The molecule has 1 aromatic heterocycles. The van der Waals surface area contributed by atoms with Gasteiger partial charge in [0, 0.05) is 45.6 Å². The lowest BCUT2D eigenvalue weighted by Gasteiger charge is -2.20. The van der Waals surface area contributed by atoms with E-state index in [0.29, 0.717) is 13.0 Å². The minimum Gasteiger partial charge on any atom is -0.383 e. The van der Waals surface area contributed by atoms with Crippen LogP contribution in [0, 0.1) is 18.3 Å². The van der Waals surface area contributed by atoms with Crippen molar-refractivity contribution >= 4 is 0 Å². The van der Waals surface area contributed by atoms with Crippen LogP contribution >= 0.6 is 0 Å². The van der Waals surface area contributed by atoms with E-state index < -0.39 is 0 Å². The maximum Gasteiger partial charge on any atom is 0.0635 e. The number of aryl methyl sites for hydroxylation is 1. The number of rotatable bonds is 7. The molecule has 4 heteroatoms. The second-order valence-electron chi connectivity index (χ2n) is 4.05. The lowest BCUT2D eigenvalue weighted by atomic mass is 10.2. The van der Waals surface area contributed by atoms with E-state index in [1.807, 2.05) is 19.3 Å². The largest absolute Gasteiger partial charge is 0.383 e. The van der Waals surface area contributed by atoms with Crippen LogP contribution in [0.1, 0.15) is 17.5 Å². The van der Waals surface area contributed by atoms with E-state index in [0.717, 1.165) is 25.2 Å². The number of hydrogen-bond donors (Lipinski definition) is 0. The molecule has 0 saturated heterocycles. The maximum atomic E-state index is 8.63. The summed E-state index contributed by atoms with van der Waals surface area (Å²) in [4.78, 5) is 6.39. The van der Waals surface area contributed by atoms with Crippen LogP contribution in [0.3, 0.4) is 0 Å². The third-order valence-electron chi connectivity index (χ3n) is 2.49. The summed E-state index contributed by atoms with van der Waals surface area (Å²) in [6.45, 7) is 5.15. The fourth-order valence-electron chi connectivity index (χ4n) is 1.66. The molecule has 1 aromatic rings. The van der Waals surface area contributed by atoms with E-state index in [1.165, 1.54) is 5.56 Å². The summed E-state index contributed by atoms with van der Waals surface area (Å²) in [5, 5.41) is 8.63. The monoisotopic (exact) mass is 233 g/mol. The number of pyridine rings is 1. The Morgan fingerprint density at radius 3 is 2.88 bits per heavy atom. The van der Waals surface area contributed by atoms with E-state index in [1.54, 1.807) is 7.11 Å². The highest BCUT2D eigenvalue weighted by Gasteiger charge is 2.05. The summed E-state index contributed by atoms with van der Waals surface area (Å²) in [5.41, 5.74) is 2.34. The topological polar surface area (TPSA) is 49.1 Å². The molecule has 92 valence electrons. The summed E-state index contributed by atoms with van der Waals surface area (Å²) in [6, 6.07) is 4.30. The van der Waals surface area contributed by atoms with Crippen LogP contribution in [0.25, 0.3) is 0 Å². The molecule has 4 nitrogen and oxygen atoms in total. The van der Waals surface area contributed by atoms with Crippen molar-refractivity contribution in [3.63, 3.8) is 0 Å². The normalized spacial score (nSPS) is 10.5. The van der Waals surface area contributed by atoms with Gasteiger partial charge >= 0.3 is 0 Å². The standard InChI is InChI=1S/C13H19N3O/c1-12-8-13(10-15-9-12)11-16(5-3-4-14)6-7-17-2/h8-10H,3,5-7,11H2,1-2H3. The van der Waals surface area contributed by atoms with Gasteiger partial charge in [-0.3, -0.25) is 9.88 Å². The molecule has 0 unspecified atom stereocenters. The minimum absolute atomic E-state index is 0.545. The molecule has 0 aliphatic rings. The first-order valence-corrected chi connectivity index (χ1v) is 5.75. The second kappa shape index (κ2) is 7.77. The fraction of sp³-hybridized carbons (Fsp3) is 0.538. The van der Waals surface area contributed by atoms with Gasteiger partial charge in [0.2, 0.25) is 0 Å². The summed E-state index contributed by atoms with van der Waals surface area (Å²) in [7, 11) is 1.69. The molecular formula is C13H19N3O. The van der Waals surface area contributed by atoms with Gasteiger partial charge in [-0.25, -0.2) is 0 Å². The summed E-state index contributed by atoms with van der Waals surface area (Å²) in [5.74, 6) is 0. The SMILES string of the molecule is COCCN(CCC#N)Cc1cncc(C)c1. The van der Waals surface area contributed by atoms with E-state index in [2.05, 4.69) is 22.0 Å². The highest BCUT2D eigenvalue weighted by Crippen LogP contribution is 2.06. The van der Waals surface area contributed by atoms with Crippen LogP contribution < -0.4 is 0 Å². The molecule has 0 aliphatic heterocycles. The van der Waals surface area contributed by atoms with Crippen molar-refractivity contribution in [2.45, 2.75) is 19.9 Å². The fourth-order valence-corrected chi connectivity index (χ4v) is 1.66. The van der Waals surface area contributed by atoms with E-state index in [4.69, 9.17) is 10.00 Å². The predicted octanol–water partition coefficient (Wildman–Crippen LogP) is 1.75. The molecule has 0 bridgehead atoms. The number of nitrogens with zero attached hydrogens (tertiary/aromatic N) is 3. The molecule has 1 rings (SSSR count). The molecule has 0 fully saturated rings. The summed E-state index contributed by atoms with van der Waals surface area (Å²) in [6.07, 6.45) is 4.26. The number of methoxy groups -OCH3 is 1. The third-order valence-corrected chi connectivity index (χ3v) is 2.49. The molecule has 0 radical (unpaired) electrons. The predicted molar refractivity (Wildman–Crippen MR) is 66.4 cm³/mol. The lowest BCUT2D eigenvalue weighted by molar-refractivity contribution is 0.145. The molecule has 0 amide bonds. The Hall–Kier alpha value is -1.44. The third kappa shape index (κ3) is 5.43. The van der Waals surface area contributed by atoms with Crippen LogP contribution in [0.4, 0.5) is 0 Å². The Balaban J connectivity index is 2.55. The highest BCUT2D eigenvalue weighted by molar-refractivity contribution is 5.16. The van der Waals surface area contributed by atoms with Crippen molar-refractivity contribution in [3.05, 3.63) is 29.6 Å². The van der Waals surface area contributed by atoms with Gasteiger partial charge in [0.05, 0.1) is 12.7 Å². The number of hydrogen-bond acceptors (Lipinski definition) is 4. The molecule has 17 heavy (non-hydrogen) atoms. The van der Waals surface area contributed by atoms with Gasteiger partial charge in [-0.1, -0.05) is 6.07 Å². The molecule has 0 spiro atoms. The highest BCUT2D eigenvalue weighted by atomic mass is 16.5. The van der Waals surface area contributed by atoms with Gasteiger partial charge in [0.1, 0.15) is 0 Å². The molecule has 0 N–H and O–H groups in total. The van der Waals surface area contributed by atoms with Crippen molar-refractivity contribution in [1.82, 2.24) is 9.88 Å². The van der Waals surface area contributed by atoms with Crippen LogP contribution in [0.2, 0.25) is 0 Å². The van der Waals surface area contributed by atoms with Crippen molar-refractivity contribution in [1.29, 1.82) is 5.26 Å². The summed E-state index contributed by atoms with van der Waals surface area (Å²) >= 11 is 0. The molecule has 0 aromatic carbocycles. The minimum atomic E-state index is 0.545. The number of nitriles is 1. The zero-order valence-electron chi connectivity index (χ0n) is 10.5. The van der Waals surface area contributed by atoms with Crippen LogP contribution in [-0.4, -0.2) is 36.7 Å². The van der Waals surface area contributed by atoms with E-state index >= 15 is 0 Å². The zero-order valence-corrected chi connectivity index (χ0v) is 10.5. The van der Waals surface area contributed by atoms with Gasteiger partial charge < -0.3 is 4.74 Å². The smallest absolute Gasteiger partial charge is 0.0635 e. The summed E-state index contributed by atoms with van der Waals surface area (Å²) < 4.78 is 5.07. The van der Waals surface area contributed by atoms with Crippen molar-refractivity contribution in [2.24, 2.45) is 0 Å². The first kappa shape index (κ1) is 13.6. The van der Waals surface area contributed by atoms with E-state index in [9.17, 15) is 0 Å². The van der Waals surface area contributed by atoms with Gasteiger partial charge in [-0.2, -0.15) is 5.26 Å². The number of aromatic nitrogens is 1. The van der Waals surface area contributed by atoms with Crippen molar-refractivity contribution < 1.29 is 4.74 Å². The lowest BCUT2D eigenvalue weighted by Crippen LogP contribution is -2.28. The molecule has 0 saturated carbocycles. The van der Waals surface area contributed by atoms with Crippen LogP contribution in [0.5, 0.6) is 0 Å². The molecule has 0 atom stereocenters. The Kier molecular flexibility index (Phi) is 6.23. The Bertz CT molecular complexity index is 373. The van der Waals surface area contributed by atoms with Crippen molar-refractivity contribution in [2.75, 3.05) is 26.8 Å². The maximum absolute atomic E-state index is 8.63. The first-order chi connectivity index (χ1) is 8.26. The van der Waals surface area contributed by atoms with Crippen LogP contribution in [0.15, 0.2) is 18.5 Å². The second-order valence-corrected chi connectivity index (χ2v) is 4.05. The zero-order chi connectivity index (χ0) is 12.5. The average Bonchev–Trinajstić information content (AvgIpc) is 2.32. The molecular weight excluding hydrogens is 214 g/mol. The Morgan fingerprint density at radius 1 is 1.41 bits per heavy atom. The van der Waals surface area contributed by atoms with E-state index in [-0.39, 0.29) is 0 Å². The average molecular weight is 233 g/mol.